The molecule has 25 nitrogen and oxygen atoms in total. The van der Waals surface area contributed by atoms with Gasteiger partial charge in [0.25, 0.3) is 0 Å². The second kappa shape index (κ2) is 33.3. The molecule has 3 saturated carbocycles. The van der Waals surface area contributed by atoms with Crippen molar-refractivity contribution < 1.29 is 75.4 Å². The number of halogens is 4. The molecule has 12 amide bonds. The van der Waals surface area contributed by atoms with E-state index in [4.69, 9.17) is 16.3 Å². The van der Waals surface area contributed by atoms with Crippen LogP contribution in [-0.2, 0) is 74.9 Å². The van der Waals surface area contributed by atoms with Gasteiger partial charge in [-0.15, -0.1) is 0 Å². The van der Waals surface area contributed by atoms with Gasteiger partial charge < -0.3 is 64.8 Å². The van der Waals surface area contributed by atoms with E-state index in [0.29, 0.717) is 69.8 Å². The topological polar surface area (TPSA) is 279 Å². The molecule has 3 N–H and O–H groups in total. The quantitative estimate of drug-likeness (QED) is 0.273. The van der Waals surface area contributed by atoms with Gasteiger partial charge in [-0.2, -0.15) is 13.2 Å². The Hall–Kier alpha value is -7.10. The van der Waals surface area contributed by atoms with Crippen LogP contribution in [0.3, 0.4) is 0 Å². The summed E-state index contributed by atoms with van der Waals surface area (Å²) in [5.74, 6) is -8.94. The van der Waals surface area contributed by atoms with Crippen LogP contribution in [0.15, 0.2) is 18.2 Å². The molecule has 5 heterocycles. The van der Waals surface area contributed by atoms with Crippen LogP contribution in [0.25, 0.3) is 0 Å². The molecular weight excluding hydrogens is 1350 g/mol. The van der Waals surface area contributed by atoms with Crippen LogP contribution in [0, 0.1) is 23.7 Å². The van der Waals surface area contributed by atoms with Crippen molar-refractivity contribution in [1.82, 2.24) is 60.0 Å². The molecule has 0 aromatic heterocycles. The van der Waals surface area contributed by atoms with E-state index >= 15 is 33.6 Å². The lowest BCUT2D eigenvalue weighted by atomic mass is 9.90. The van der Waals surface area contributed by atoms with E-state index < -0.39 is 172 Å². The second-order valence-electron chi connectivity index (χ2n) is 30.8. The Bertz CT molecular complexity index is 3290. The number of hydrogen-bond acceptors (Lipinski definition) is 13. The maximum absolute atomic E-state index is 15.9. The van der Waals surface area contributed by atoms with Crippen LogP contribution in [0.5, 0.6) is 0 Å². The zero-order valence-corrected chi connectivity index (χ0v) is 62.1. The summed E-state index contributed by atoms with van der Waals surface area (Å²) >= 11 is 6.17. The van der Waals surface area contributed by atoms with Gasteiger partial charge in [0, 0.05) is 55.4 Å². The Balaban J connectivity index is 1.09. The molecule has 5 saturated heterocycles. The fourth-order valence-electron chi connectivity index (χ4n) is 17.2. The van der Waals surface area contributed by atoms with E-state index in [1.807, 2.05) is 20.8 Å². The fraction of sp³-hybridized carbons (Fsp3) is 0.753. The van der Waals surface area contributed by atoms with Crippen LogP contribution in [0.4, 0.5) is 13.2 Å². The minimum atomic E-state index is -4.76. The highest BCUT2D eigenvalue weighted by molar-refractivity contribution is 6.31. The van der Waals surface area contributed by atoms with Gasteiger partial charge in [0.15, 0.2) is 0 Å². The molecule has 2 bridgehead atoms. The fourth-order valence-corrected chi connectivity index (χ4v) is 17.5. The third kappa shape index (κ3) is 17.0. The van der Waals surface area contributed by atoms with Crippen LogP contribution in [0.2, 0.25) is 5.02 Å². The molecule has 0 radical (unpaired) electrons. The molecule has 5 aliphatic heterocycles. The first-order valence-corrected chi connectivity index (χ1v) is 37.5. The van der Waals surface area contributed by atoms with E-state index in [0.717, 1.165) is 42.7 Å². The van der Waals surface area contributed by atoms with Crippen LogP contribution < -0.4 is 16.0 Å². The molecule has 566 valence electrons. The van der Waals surface area contributed by atoms with E-state index in [9.17, 15) is 37.1 Å². The summed E-state index contributed by atoms with van der Waals surface area (Å²) in [6, 6.07) is -8.47. The number of carbonyl (C=O) groups excluding carboxylic acids is 12. The summed E-state index contributed by atoms with van der Waals surface area (Å²) in [5.41, 5.74) is -2.35. The summed E-state index contributed by atoms with van der Waals surface area (Å²) in [7, 11) is 8.73. The van der Waals surface area contributed by atoms with Gasteiger partial charge in [-0.1, -0.05) is 90.3 Å². The molecule has 8 aliphatic rings. The van der Waals surface area contributed by atoms with Gasteiger partial charge in [-0.05, 0) is 138 Å². The largest absolute Gasteiger partial charge is 0.417 e. The monoisotopic (exact) mass is 1450 g/mol. The highest BCUT2D eigenvalue weighted by Gasteiger charge is 2.54. The minimum Gasteiger partial charge on any atom is -0.377 e. The molecule has 8 fully saturated rings. The predicted molar refractivity (Wildman–Crippen MR) is 371 cm³/mol. The summed E-state index contributed by atoms with van der Waals surface area (Å²) in [6.07, 6.45) is 3.45. The van der Waals surface area contributed by atoms with E-state index in [-0.39, 0.29) is 95.2 Å². The first kappa shape index (κ1) is 79.0. The molecule has 2 unspecified atom stereocenters. The molecule has 12 atom stereocenters. The standard InChI is InChI=1S/C73H108ClF3N12O13/c1-12-43(4)59-68(98)82(7)44(5)64(94)88-35-31-54(88)66(96)85(10)60(46-20-13-14-21-46)69(99)81(6)39-57(90)78-52(30-26-45-25-29-50(51(74)37-45)73(75,76)77)65(95)87-34-19-24-53(87)63(93)80-72(32-17-18-33-72)71(101)86(11)61(47-22-15-16-23-47)70(100)84(9)56(67(97)89-48-27-28-49(89)41-102-40-48)38-58(91)83(8)55(36-42(2)3)62(92)79-59/h25,29,37,42-44,46-49,52-56,59-61H,12-24,26-28,30-36,38-41H2,1-11H3,(H,78,90)(H,79,92)(H,80,93)/t43-,44-,48?,49?,52-,53-,54-,55-,56-,59-,60-,61-/m0/s1. The smallest absolute Gasteiger partial charge is 0.377 e. The molecular formula is C73H108ClF3N12O13. The first-order chi connectivity index (χ1) is 48.2. The predicted octanol–water partition coefficient (Wildman–Crippen LogP) is 5.16. The van der Waals surface area contributed by atoms with Gasteiger partial charge in [0.2, 0.25) is 70.9 Å². The van der Waals surface area contributed by atoms with Crippen molar-refractivity contribution in [2.24, 2.45) is 23.7 Å². The number of ether oxygens (including phenoxy) is 1. The first-order valence-electron chi connectivity index (χ1n) is 37.1. The van der Waals surface area contributed by atoms with E-state index in [1.54, 1.807) is 11.8 Å². The normalized spacial score (nSPS) is 30.2. The molecule has 29 heteroatoms. The number of nitrogens with zero attached hydrogens (tertiary/aromatic N) is 9. The van der Waals surface area contributed by atoms with E-state index in [1.165, 1.54) is 89.6 Å². The second-order valence-corrected chi connectivity index (χ2v) is 31.2. The van der Waals surface area contributed by atoms with Crippen LogP contribution in [-0.4, -0.2) is 262 Å². The zero-order chi connectivity index (χ0) is 74.6. The number of morpholine rings is 1. The van der Waals surface area contributed by atoms with Crippen molar-refractivity contribution in [1.29, 1.82) is 0 Å². The number of aryl methyl sites for hydroxylation is 1. The number of rotatable bonds is 10. The Morgan fingerprint density at radius 2 is 1.25 bits per heavy atom. The number of alkyl halides is 3. The summed E-state index contributed by atoms with van der Waals surface area (Å²) in [6.45, 7) is 8.95. The average Bonchev–Trinajstić information content (AvgIpc) is 1.40. The zero-order valence-electron chi connectivity index (χ0n) is 61.3. The Labute approximate surface area is 602 Å². The highest BCUT2D eigenvalue weighted by Crippen LogP contribution is 2.40. The molecule has 1 aromatic carbocycles. The molecule has 1 spiro atoms. The molecule has 1 aromatic rings. The van der Waals surface area contributed by atoms with Gasteiger partial charge in [0.05, 0.1) is 48.8 Å². The Kier molecular flexibility index (Phi) is 25.8. The van der Waals surface area contributed by atoms with Crippen LogP contribution >= 0.6 is 11.6 Å². The maximum Gasteiger partial charge on any atom is 0.417 e. The number of amides is 12. The number of carbonyl (C=O) groups is 12. The van der Waals surface area contributed by atoms with Gasteiger partial charge >= 0.3 is 6.18 Å². The minimum absolute atomic E-state index is 0.0365. The lowest BCUT2D eigenvalue weighted by molar-refractivity contribution is -0.161. The molecule has 3 aliphatic carbocycles. The maximum atomic E-state index is 15.9. The van der Waals surface area contributed by atoms with Gasteiger partial charge in [-0.3, -0.25) is 57.5 Å². The number of nitrogens with one attached hydrogen (secondary N) is 3. The third-order valence-corrected chi connectivity index (χ3v) is 24.0. The van der Waals surface area contributed by atoms with Crippen molar-refractivity contribution in [3.63, 3.8) is 0 Å². The molecule has 102 heavy (non-hydrogen) atoms. The van der Waals surface area contributed by atoms with Crippen molar-refractivity contribution in [2.45, 2.75) is 254 Å². The average molecular weight is 1450 g/mol. The van der Waals surface area contributed by atoms with Crippen molar-refractivity contribution in [3.05, 3.63) is 34.3 Å². The molecule has 9 rings (SSSR count). The van der Waals surface area contributed by atoms with Crippen LogP contribution in [0.1, 0.15) is 181 Å². The van der Waals surface area contributed by atoms with Crippen molar-refractivity contribution in [3.8, 4) is 0 Å². The summed E-state index contributed by atoms with van der Waals surface area (Å²) in [5, 5.41) is 8.24. The SMILES string of the molecule is CC[C@H](C)[C@@H]1NC(=O)[C@H](CC(C)C)N(C)C(=O)C[C@@H](C(=O)N2C3CCC2COC3)N(C)C(=O)[C@H](C2CCCC2)N(C)C(=O)C2(CCCC2)NC(=O)[C@@H]2CCCN2C(=O)[C@H](CCc2ccc(C(F)(F)F)c(Cl)c2)NC(=O)CN(C)C(=O)[C@H](C2CCCC2)N(C)C(=O)[C@@H]2CCN2C(=O)[C@H](C)N(C)C1=O. The summed E-state index contributed by atoms with van der Waals surface area (Å²) in [4.78, 5) is 194. The van der Waals surface area contributed by atoms with Gasteiger partial charge in [0.1, 0.15) is 59.9 Å². The number of likely N-dealkylation sites (N-methyl/N-ethyl adjacent to an activating group) is 6. The lowest BCUT2D eigenvalue weighted by Crippen LogP contribution is -2.65. The summed E-state index contributed by atoms with van der Waals surface area (Å²) < 4.78 is 47.6. The Morgan fingerprint density at radius 1 is 0.647 bits per heavy atom. The number of hydrogen-bond donors (Lipinski definition) is 3. The number of fused-ring (bicyclic) bond motifs is 4. The third-order valence-electron chi connectivity index (χ3n) is 23.7. The van der Waals surface area contributed by atoms with Gasteiger partial charge in [-0.25, -0.2) is 0 Å². The van der Waals surface area contributed by atoms with Crippen molar-refractivity contribution in [2.75, 3.05) is 75.1 Å². The van der Waals surface area contributed by atoms with Crippen molar-refractivity contribution >= 4 is 82.5 Å². The lowest BCUT2D eigenvalue weighted by Gasteiger charge is -2.45. The Morgan fingerprint density at radius 3 is 1.80 bits per heavy atom. The van der Waals surface area contributed by atoms with E-state index in [2.05, 4.69) is 16.0 Å². The number of benzene rings is 1. The highest BCUT2D eigenvalue weighted by atomic mass is 35.5.